The second-order valence-electron chi connectivity index (χ2n) is 2.82. The van der Waals surface area contributed by atoms with Gasteiger partial charge in [-0.2, -0.15) is 14.7 Å². The van der Waals surface area contributed by atoms with E-state index in [0.717, 1.165) is 6.66 Å². The van der Waals surface area contributed by atoms with E-state index in [-0.39, 0.29) is 6.15 Å². The van der Waals surface area contributed by atoms with Crippen LogP contribution in [0.2, 0.25) is 0 Å². The molecule has 0 amide bonds. The molecule has 10 nitrogen and oxygen atoms in total. The summed E-state index contributed by atoms with van der Waals surface area (Å²) in [4.78, 5) is 32.4. The molecular weight excluding hydrogens is 247 g/mol. The average Bonchev–Trinajstić information content (AvgIpc) is 2.05. The molecule has 0 spiro atoms. The van der Waals surface area contributed by atoms with Gasteiger partial charge in [-0.05, 0) is 0 Å². The Balaban J connectivity index is -0.000000242. The lowest BCUT2D eigenvalue weighted by Crippen LogP contribution is -2.49. The largest absolute Gasteiger partial charge is 0.400 e. The molecule has 0 bridgehead atoms. The first-order valence-corrected chi connectivity index (χ1v) is 5.74. The van der Waals surface area contributed by atoms with Crippen LogP contribution in [0.15, 0.2) is 0 Å². The van der Waals surface area contributed by atoms with Crippen molar-refractivity contribution in [3.63, 3.8) is 0 Å². The molecule has 0 radical (unpaired) electrons. The van der Waals surface area contributed by atoms with Crippen LogP contribution >= 0.6 is 7.94 Å². The Morgan fingerprint density at radius 2 is 1.31 bits per heavy atom. The molecule has 16 heavy (non-hydrogen) atoms. The van der Waals surface area contributed by atoms with Gasteiger partial charge in [0.05, 0.1) is 0 Å². The molecule has 0 rings (SSSR count). The van der Waals surface area contributed by atoms with Crippen molar-refractivity contribution in [3.8, 4) is 0 Å². The zero-order chi connectivity index (χ0) is 12.7. The normalized spacial score (nSPS) is 10.9. The highest BCUT2D eigenvalue weighted by atomic mass is 31.2. The molecule has 0 heterocycles. The summed E-state index contributed by atoms with van der Waals surface area (Å²) in [7, 11) is -3.39. The SMILES string of the molecule is C[P+](O)(O)O.N.O=[N+]([O-])C(CO)(CO)CO. The maximum Gasteiger partial charge on any atom is 0.400 e. The van der Waals surface area contributed by atoms with E-state index in [1.807, 2.05) is 0 Å². The second kappa shape index (κ2) is 8.67. The molecule has 0 aliphatic rings. The lowest BCUT2D eigenvalue weighted by Gasteiger charge is -2.16. The molecule has 0 saturated heterocycles. The van der Waals surface area contributed by atoms with Crippen LogP contribution < -0.4 is 6.15 Å². The van der Waals surface area contributed by atoms with E-state index in [1.54, 1.807) is 0 Å². The fourth-order valence-corrected chi connectivity index (χ4v) is 0.323. The molecule has 0 aliphatic heterocycles. The molecule has 0 atom stereocenters. The number of nitrogens with zero attached hydrogens (tertiary/aromatic N) is 1. The van der Waals surface area contributed by atoms with Gasteiger partial charge in [0.15, 0.2) is 0 Å². The van der Waals surface area contributed by atoms with Crippen molar-refractivity contribution in [2.75, 3.05) is 26.5 Å². The highest BCUT2D eigenvalue weighted by Gasteiger charge is 2.41. The monoisotopic (exact) mass is 265 g/mol. The van der Waals surface area contributed by atoms with E-state index in [1.165, 1.54) is 0 Å². The van der Waals surface area contributed by atoms with Gasteiger partial charge in [-0.25, -0.2) is 0 Å². The minimum Gasteiger partial charge on any atom is -0.389 e. The summed E-state index contributed by atoms with van der Waals surface area (Å²) < 4.78 is 0. The van der Waals surface area contributed by atoms with E-state index in [9.17, 15) is 10.1 Å². The fraction of sp³-hybridized carbons (Fsp3) is 1.00. The van der Waals surface area contributed by atoms with Crippen LogP contribution in [0.4, 0.5) is 0 Å². The van der Waals surface area contributed by atoms with Crippen LogP contribution in [0.1, 0.15) is 0 Å². The summed E-state index contributed by atoms with van der Waals surface area (Å²) in [6, 6.07) is 0. The van der Waals surface area contributed by atoms with Crippen molar-refractivity contribution in [2.45, 2.75) is 5.54 Å². The fourth-order valence-electron chi connectivity index (χ4n) is 0.323. The molecule has 0 unspecified atom stereocenters. The lowest BCUT2D eigenvalue weighted by atomic mass is 10.1. The van der Waals surface area contributed by atoms with Crippen molar-refractivity contribution >= 4 is 7.94 Å². The minimum absolute atomic E-state index is 0. The topological polar surface area (TPSA) is 200 Å². The molecule has 9 N–H and O–H groups in total. The first kappa shape index (κ1) is 20.9. The molecule has 0 aromatic heterocycles. The van der Waals surface area contributed by atoms with Gasteiger partial charge in [-0.15, -0.1) is 0 Å². The van der Waals surface area contributed by atoms with E-state index in [0.29, 0.717) is 0 Å². The molecule has 11 heteroatoms. The van der Waals surface area contributed by atoms with Gasteiger partial charge in [0.25, 0.3) is 5.54 Å². The van der Waals surface area contributed by atoms with Gasteiger partial charge in [-0.1, -0.05) is 0 Å². The lowest BCUT2D eigenvalue weighted by molar-refractivity contribution is -0.580. The number of rotatable bonds is 4. The Morgan fingerprint density at radius 3 is 1.31 bits per heavy atom. The third-order valence-corrected chi connectivity index (χ3v) is 1.27. The Kier molecular flexibility index (Phi) is 11.3. The minimum atomic E-state index is -3.39. The summed E-state index contributed by atoms with van der Waals surface area (Å²) in [5.74, 6) is 0. The molecule has 0 aromatic carbocycles. The Hall–Kier alpha value is -0.450. The molecule has 0 saturated carbocycles. The smallest absolute Gasteiger partial charge is 0.389 e. The maximum absolute atomic E-state index is 10.0. The standard InChI is InChI=1S/C4H9NO5.CH6O3P.H3N/c6-1-4(2-7,3-8)5(9)10;1-5(2,3)4;/h6-8H,1-3H2;2-4H,1H3;1H3/q;+1;. The predicted molar refractivity (Wildman–Crippen MR) is 55.5 cm³/mol. The number of nitro groups is 1. The molecule has 0 fully saturated rings. The molecular formula is C5H18N2O8P+. The maximum atomic E-state index is 10.0. The van der Waals surface area contributed by atoms with Crippen LogP contribution in [-0.4, -0.2) is 66.9 Å². The van der Waals surface area contributed by atoms with E-state index < -0.39 is 38.2 Å². The van der Waals surface area contributed by atoms with Crippen molar-refractivity contribution in [2.24, 2.45) is 0 Å². The van der Waals surface area contributed by atoms with Crippen LogP contribution in [-0.2, 0) is 0 Å². The second-order valence-corrected chi connectivity index (χ2v) is 4.56. The highest BCUT2D eigenvalue weighted by Crippen LogP contribution is 2.38. The van der Waals surface area contributed by atoms with Crippen molar-refractivity contribution in [3.05, 3.63) is 10.1 Å². The van der Waals surface area contributed by atoms with Crippen molar-refractivity contribution in [1.29, 1.82) is 0 Å². The van der Waals surface area contributed by atoms with Gasteiger partial charge >= 0.3 is 7.94 Å². The van der Waals surface area contributed by atoms with Gasteiger partial charge in [-0.3, -0.25) is 10.1 Å². The summed E-state index contributed by atoms with van der Waals surface area (Å²) in [5.41, 5.74) is -1.99. The van der Waals surface area contributed by atoms with Crippen LogP contribution in [0.5, 0.6) is 0 Å². The Bertz CT molecular complexity index is 177. The first-order valence-electron chi connectivity index (χ1n) is 3.65. The van der Waals surface area contributed by atoms with Crippen molar-refractivity contribution in [1.82, 2.24) is 6.15 Å². The molecule has 100 valence electrons. The quantitative estimate of drug-likeness (QED) is 0.163. The number of aliphatic hydroxyl groups excluding tert-OH is 3. The summed E-state index contributed by atoms with van der Waals surface area (Å²) in [6.07, 6.45) is 0. The summed E-state index contributed by atoms with van der Waals surface area (Å²) in [5, 5.41) is 35.2. The average molecular weight is 265 g/mol. The first-order chi connectivity index (χ1) is 6.63. The zero-order valence-corrected chi connectivity index (χ0v) is 9.62. The van der Waals surface area contributed by atoms with Crippen LogP contribution in [0, 0.1) is 10.1 Å². The third kappa shape index (κ3) is 10.1. The highest BCUT2D eigenvalue weighted by molar-refractivity contribution is 7.57. The predicted octanol–water partition coefficient (Wildman–Crippen LogP) is -2.50. The van der Waals surface area contributed by atoms with Gasteiger partial charge in [0.2, 0.25) is 0 Å². The van der Waals surface area contributed by atoms with E-state index >= 15 is 0 Å². The molecule has 0 aromatic rings. The van der Waals surface area contributed by atoms with Gasteiger partial charge in [0, 0.05) is 4.92 Å². The van der Waals surface area contributed by atoms with Crippen LogP contribution in [0.3, 0.4) is 0 Å². The van der Waals surface area contributed by atoms with Gasteiger partial charge in [0.1, 0.15) is 26.5 Å². The third-order valence-electron chi connectivity index (χ3n) is 1.27. The van der Waals surface area contributed by atoms with Crippen LogP contribution in [0.25, 0.3) is 0 Å². The zero-order valence-electron chi connectivity index (χ0n) is 8.72. The number of hydrogen-bond donors (Lipinski definition) is 7. The van der Waals surface area contributed by atoms with E-state index in [4.69, 9.17) is 30.0 Å². The summed E-state index contributed by atoms with van der Waals surface area (Å²) in [6.45, 7) is -1.64. The van der Waals surface area contributed by atoms with Crippen molar-refractivity contribution < 1.29 is 34.9 Å². The van der Waals surface area contributed by atoms with E-state index in [2.05, 4.69) is 0 Å². The summed E-state index contributed by atoms with van der Waals surface area (Å²) >= 11 is 0. The number of hydrogen-bond acceptors (Lipinski definition) is 9. The molecule has 0 aliphatic carbocycles. The van der Waals surface area contributed by atoms with Gasteiger partial charge < -0.3 is 21.5 Å². The number of aliphatic hydroxyl groups is 3. The Labute approximate surface area is 92.1 Å². The Morgan fingerprint density at radius 1 is 1.12 bits per heavy atom.